The second kappa shape index (κ2) is 4.28. The van der Waals surface area contributed by atoms with Crippen LogP contribution >= 0.6 is 0 Å². The van der Waals surface area contributed by atoms with Crippen molar-refractivity contribution in [2.24, 2.45) is 0 Å². The number of carbonyl (C=O) groups excluding carboxylic acids is 1. The van der Waals surface area contributed by atoms with Gasteiger partial charge in [-0.25, -0.2) is 9.59 Å². The van der Waals surface area contributed by atoms with E-state index in [-0.39, 0.29) is 12.2 Å². The van der Waals surface area contributed by atoms with Gasteiger partial charge in [0, 0.05) is 5.39 Å². The normalized spacial score (nSPS) is 11.0. The molecule has 5 nitrogen and oxygen atoms in total. The van der Waals surface area contributed by atoms with Gasteiger partial charge in [0.2, 0.25) is 0 Å². The number of rotatable bonds is 2. The lowest BCUT2D eigenvalue weighted by Gasteiger charge is -2.02. The van der Waals surface area contributed by atoms with Gasteiger partial charge in [0.05, 0.1) is 18.3 Å². The molecule has 3 aromatic rings. The van der Waals surface area contributed by atoms with E-state index in [1.165, 1.54) is 6.07 Å². The van der Waals surface area contributed by atoms with Crippen LogP contribution in [-0.2, 0) is 4.74 Å². The molecule has 0 aliphatic rings. The minimum absolute atomic E-state index is 0.127. The van der Waals surface area contributed by atoms with Crippen molar-refractivity contribution in [2.45, 2.75) is 6.92 Å². The molecule has 0 aliphatic heterocycles. The molecule has 0 saturated heterocycles. The molecule has 0 spiro atoms. The summed E-state index contributed by atoms with van der Waals surface area (Å²) in [5, 5.41) is 1.45. The lowest BCUT2D eigenvalue weighted by atomic mass is 10.1. The first-order chi connectivity index (χ1) is 9.20. The smallest absolute Gasteiger partial charge is 0.351 e. The van der Waals surface area contributed by atoms with Gasteiger partial charge in [0.1, 0.15) is 16.7 Å². The maximum absolute atomic E-state index is 11.7. The molecule has 0 saturated carbocycles. The fourth-order valence-electron chi connectivity index (χ4n) is 1.97. The van der Waals surface area contributed by atoms with Crippen molar-refractivity contribution in [2.75, 3.05) is 6.61 Å². The van der Waals surface area contributed by atoms with Crippen LogP contribution in [0.5, 0.6) is 0 Å². The third kappa shape index (κ3) is 1.79. The Balaban J connectivity index is 2.32. The van der Waals surface area contributed by atoms with Gasteiger partial charge in [0.25, 0.3) is 0 Å². The summed E-state index contributed by atoms with van der Waals surface area (Å²) in [6.45, 7) is 1.87. The third-order valence-electron chi connectivity index (χ3n) is 2.83. The Kier molecular flexibility index (Phi) is 2.59. The Morgan fingerprint density at radius 1 is 1.32 bits per heavy atom. The van der Waals surface area contributed by atoms with Gasteiger partial charge in [-0.2, -0.15) is 0 Å². The van der Waals surface area contributed by atoms with Crippen LogP contribution in [0.25, 0.3) is 21.9 Å². The van der Waals surface area contributed by atoms with E-state index in [1.807, 2.05) is 0 Å². The molecule has 2 aromatic heterocycles. The minimum atomic E-state index is -0.711. The minimum Gasteiger partial charge on any atom is -0.464 e. The largest absolute Gasteiger partial charge is 0.464 e. The number of hydrogen-bond acceptors (Lipinski definition) is 5. The quantitative estimate of drug-likeness (QED) is 0.522. The summed E-state index contributed by atoms with van der Waals surface area (Å²) in [4.78, 5) is 23.4. The Morgan fingerprint density at radius 3 is 2.95 bits per heavy atom. The average Bonchev–Trinajstić information content (AvgIpc) is 2.86. The molecule has 3 rings (SSSR count). The van der Waals surface area contributed by atoms with E-state index in [1.54, 1.807) is 31.4 Å². The van der Waals surface area contributed by atoms with E-state index in [9.17, 15) is 9.59 Å². The maximum atomic E-state index is 11.7. The number of ether oxygens (including phenoxy) is 1. The number of furan rings is 1. The molecular weight excluding hydrogens is 248 g/mol. The first-order valence-electron chi connectivity index (χ1n) is 5.82. The Hall–Kier alpha value is -2.56. The van der Waals surface area contributed by atoms with Crippen molar-refractivity contribution in [3.8, 4) is 0 Å². The van der Waals surface area contributed by atoms with Gasteiger partial charge < -0.3 is 13.6 Å². The molecule has 0 fully saturated rings. The molecule has 0 radical (unpaired) electrons. The van der Waals surface area contributed by atoms with Crippen LogP contribution < -0.4 is 5.63 Å². The fraction of sp³-hybridized carbons (Fsp3) is 0.143. The Morgan fingerprint density at radius 2 is 2.16 bits per heavy atom. The Labute approximate surface area is 107 Å². The van der Waals surface area contributed by atoms with Crippen molar-refractivity contribution < 1.29 is 18.4 Å². The molecule has 2 heterocycles. The molecule has 0 bridgehead atoms. The van der Waals surface area contributed by atoms with Crippen molar-refractivity contribution in [1.29, 1.82) is 0 Å². The highest BCUT2D eigenvalue weighted by Gasteiger charge is 2.16. The highest BCUT2D eigenvalue weighted by Crippen LogP contribution is 2.25. The summed E-state index contributed by atoms with van der Waals surface area (Å²) in [7, 11) is 0. The molecule has 5 heteroatoms. The van der Waals surface area contributed by atoms with Crippen LogP contribution in [0, 0.1) is 0 Å². The zero-order valence-corrected chi connectivity index (χ0v) is 10.1. The summed E-state index contributed by atoms with van der Waals surface area (Å²) in [6.07, 6.45) is 1.54. The SMILES string of the molecule is CCOC(=O)c1cc2c(ccc3ccoc32)oc1=O. The lowest BCUT2D eigenvalue weighted by molar-refractivity contribution is 0.0522. The summed E-state index contributed by atoms with van der Waals surface area (Å²) in [6, 6.07) is 6.70. The summed E-state index contributed by atoms with van der Waals surface area (Å²) < 4.78 is 15.3. The lowest BCUT2D eigenvalue weighted by Crippen LogP contribution is -2.16. The number of esters is 1. The highest BCUT2D eigenvalue weighted by atomic mass is 16.5. The molecule has 19 heavy (non-hydrogen) atoms. The molecule has 0 atom stereocenters. The number of fused-ring (bicyclic) bond motifs is 3. The fourth-order valence-corrected chi connectivity index (χ4v) is 1.97. The van der Waals surface area contributed by atoms with Crippen LogP contribution in [0.2, 0.25) is 0 Å². The predicted molar refractivity (Wildman–Crippen MR) is 68.2 cm³/mol. The third-order valence-corrected chi connectivity index (χ3v) is 2.83. The molecule has 0 N–H and O–H groups in total. The van der Waals surface area contributed by atoms with E-state index < -0.39 is 11.6 Å². The van der Waals surface area contributed by atoms with Crippen LogP contribution in [-0.4, -0.2) is 12.6 Å². The molecule has 96 valence electrons. The molecule has 0 unspecified atom stereocenters. The summed E-state index contributed by atoms with van der Waals surface area (Å²) in [5.74, 6) is -0.693. The van der Waals surface area contributed by atoms with E-state index in [0.717, 1.165) is 5.39 Å². The standard InChI is InChI=1S/C14H10O5/c1-2-17-13(15)10-7-9-11(19-14(10)16)4-3-8-5-6-18-12(8)9/h3-7H,2H2,1H3. The number of carbonyl (C=O) groups is 1. The first kappa shape index (κ1) is 11.5. The predicted octanol–water partition coefficient (Wildman–Crippen LogP) is 2.72. The van der Waals surface area contributed by atoms with Crippen molar-refractivity contribution >= 4 is 27.9 Å². The first-order valence-corrected chi connectivity index (χ1v) is 5.82. The zero-order chi connectivity index (χ0) is 13.4. The van der Waals surface area contributed by atoms with E-state index in [2.05, 4.69) is 0 Å². The summed E-state index contributed by atoms with van der Waals surface area (Å²) in [5.41, 5.74) is 0.113. The van der Waals surface area contributed by atoms with Crippen LogP contribution in [0.4, 0.5) is 0 Å². The van der Waals surface area contributed by atoms with Gasteiger partial charge in [-0.1, -0.05) is 0 Å². The van der Waals surface area contributed by atoms with Gasteiger partial charge in [-0.05, 0) is 31.2 Å². The maximum Gasteiger partial charge on any atom is 0.351 e. The molecule has 1 aromatic carbocycles. The second-order valence-corrected chi connectivity index (χ2v) is 3.98. The van der Waals surface area contributed by atoms with E-state index >= 15 is 0 Å². The molecule has 0 aliphatic carbocycles. The Bertz CT molecular complexity index is 825. The van der Waals surface area contributed by atoms with E-state index in [0.29, 0.717) is 16.6 Å². The monoisotopic (exact) mass is 258 g/mol. The van der Waals surface area contributed by atoms with Gasteiger partial charge in [0.15, 0.2) is 0 Å². The van der Waals surface area contributed by atoms with Crippen molar-refractivity contribution in [3.05, 3.63) is 46.5 Å². The second-order valence-electron chi connectivity index (χ2n) is 3.98. The van der Waals surface area contributed by atoms with Gasteiger partial charge in [-0.15, -0.1) is 0 Å². The average molecular weight is 258 g/mol. The zero-order valence-electron chi connectivity index (χ0n) is 10.1. The molecular formula is C14H10O5. The summed E-state index contributed by atoms with van der Waals surface area (Å²) >= 11 is 0. The van der Waals surface area contributed by atoms with Crippen molar-refractivity contribution in [3.63, 3.8) is 0 Å². The highest BCUT2D eigenvalue weighted by molar-refractivity contribution is 6.04. The molecule has 0 amide bonds. The topological polar surface area (TPSA) is 69.7 Å². The van der Waals surface area contributed by atoms with Gasteiger partial charge >= 0.3 is 11.6 Å². The number of benzene rings is 1. The number of hydrogen-bond donors (Lipinski definition) is 0. The van der Waals surface area contributed by atoms with Crippen LogP contribution in [0.3, 0.4) is 0 Å². The van der Waals surface area contributed by atoms with Gasteiger partial charge in [-0.3, -0.25) is 0 Å². The van der Waals surface area contributed by atoms with Crippen LogP contribution in [0.1, 0.15) is 17.3 Å². The van der Waals surface area contributed by atoms with Crippen LogP contribution in [0.15, 0.2) is 44.2 Å². The van der Waals surface area contributed by atoms with Crippen molar-refractivity contribution in [1.82, 2.24) is 0 Å². The van der Waals surface area contributed by atoms with E-state index in [4.69, 9.17) is 13.6 Å².